The van der Waals surface area contributed by atoms with Gasteiger partial charge in [-0.1, -0.05) is 0 Å². The molecule has 0 bridgehead atoms. The quantitative estimate of drug-likeness (QED) is 0.665. The lowest BCUT2D eigenvalue weighted by molar-refractivity contribution is -0.138. The van der Waals surface area contributed by atoms with Gasteiger partial charge in [0.25, 0.3) is 0 Å². The van der Waals surface area contributed by atoms with Crippen molar-refractivity contribution in [3.8, 4) is 0 Å². The Bertz CT molecular complexity index is 1040. The number of hydrogen-bond donors (Lipinski definition) is 0. The molecule has 3 aromatic rings. The summed E-state index contributed by atoms with van der Waals surface area (Å²) in [5.74, 6) is 1.45. The normalized spacial score (nSPS) is 20.1. The molecule has 0 aliphatic carbocycles. The zero-order chi connectivity index (χ0) is 19.5. The molecule has 5 rings (SSSR count). The van der Waals surface area contributed by atoms with E-state index in [1.807, 2.05) is 11.8 Å². The van der Waals surface area contributed by atoms with Crippen LogP contribution < -0.4 is 4.90 Å². The predicted octanol–water partition coefficient (Wildman–Crippen LogP) is 2.17. The molecule has 0 radical (unpaired) electrons. The molecule has 0 unspecified atom stereocenters. The van der Waals surface area contributed by atoms with Gasteiger partial charge in [0.15, 0.2) is 5.82 Å². The summed E-state index contributed by atoms with van der Waals surface area (Å²) in [5.41, 5.74) is 1.05. The van der Waals surface area contributed by atoms with Crippen LogP contribution in [0.2, 0.25) is 0 Å². The molecule has 2 aliphatic heterocycles. The van der Waals surface area contributed by atoms with Crippen molar-refractivity contribution >= 4 is 11.3 Å². The number of alkyl halides is 3. The molecular formula is C17H18F3N7O. The summed E-state index contributed by atoms with van der Waals surface area (Å²) in [6.07, 6.45) is -1.26. The summed E-state index contributed by atoms with van der Waals surface area (Å²) in [6, 6.07) is 0. The average molecular weight is 393 g/mol. The first kappa shape index (κ1) is 17.4. The molecule has 5 heterocycles. The smallest absolute Gasteiger partial charge is 0.381 e. The molecule has 0 amide bonds. The van der Waals surface area contributed by atoms with Gasteiger partial charge in [0.1, 0.15) is 17.7 Å². The number of aryl methyl sites for hydroxylation is 1. The summed E-state index contributed by atoms with van der Waals surface area (Å²) >= 11 is 0. The van der Waals surface area contributed by atoms with Crippen LogP contribution in [0.4, 0.5) is 19.0 Å². The van der Waals surface area contributed by atoms with E-state index < -0.39 is 11.7 Å². The van der Waals surface area contributed by atoms with Crippen LogP contribution in [0.1, 0.15) is 35.1 Å². The number of aromatic nitrogens is 6. The first-order valence-corrected chi connectivity index (χ1v) is 9.08. The highest BCUT2D eigenvalue weighted by Crippen LogP contribution is 2.36. The average Bonchev–Trinajstić information content (AvgIpc) is 3.39. The Labute approximate surface area is 157 Å². The van der Waals surface area contributed by atoms with Gasteiger partial charge in [0.2, 0.25) is 0 Å². The Morgan fingerprint density at radius 2 is 2.07 bits per heavy atom. The van der Waals surface area contributed by atoms with E-state index in [-0.39, 0.29) is 18.2 Å². The molecule has 1 saturated heterocycles. The molecule has 0 saturated carbocycles. The zero-order valence-electron chi connectivity index (χ0n) is 15.1. The Morgan fingerprint density at radius 1 is 1.21 bits per heavy atom. The van der Waals surface area contributed by atoms with Gasteiger partial charge in [-0.15, -0.1) is 0 Å². The highest BCUT2D eigenvalue weighted by molar-refractivity contribution is 5.73. The maximum Gasteiger partial charge on any atom is 0.419 e. The summed E-state index contributed by atoms with van der Waals surface area (Å²) < 4.78 is 48.7. The van der Waals surface area contributed by atoms with Crippen molar-refractivity contribution in [1.82, 2.24) is 29.4 Å². The van der Waals surface area contributed by atoms with E-state index in [9.17, 15) is 13.2 Å². The second-order valence-corrected chi connectivity index (χ2v) is 7.10. The van der Waals surface area contributed by atoms with Crippen LogP contribution in [-0.2, 0) is 24.0 Å². The fourth-order valence-electron chi connectivity index (χ4n) is 4.02. The van der Waals surface area contributed by atoms with Gasteiger partial charge in [0, 0.05) is 19.1 Å². The van der Waals surface area contributed by atoms with Crippen molar-refractivity contribution in [3.63, 3.8) is 0 Å². The first-order valence-electron chi connectivity index (χ1n) is 9.08. The first-order chi connectivity index (χ1) is 13.4. The van der Waals surface area contributed by atoms with Crippen LogP contribution in [0.15, 0.2) is 12.5 Å². The standard InChI is InChI=1S/C17H18F3N7O/c1-10-24-14(11-2-5-28-8-11)15-16(21-9-23-27(10)15)25-3-4-26-13(7-25)12(6-22-26)17(18,19)20/h6,9,11H,2-5,7-8H2,1H3/t11-/m0/s1. The maximum absolute atomic E-state index is 13.3. The van der Waals surface area contributed by atoms with E-state index in [1.165, 1.54) is 11.0 Å². The van der Waals surface area contributed by atoms with Crippen molar-refractivity contribution in [2.45, 2.75) is 38.5 Å². The molecule has 28 heavy (non-hydrogen) atoms. The lowest BCUT2D eigenvalue weighted by Gasteiger charge is -2.30. The molecule has 11 heteroatoms. The summed E-state index contributed by atoms with van der Waals surface area (Å²) in [4.78, 5) is 11.0. The van der Waals surface area contributed by atoms with Crippen LogP contribution >= 0.6 is 0 Å². The third-order valence-electron chi connectivity index (χ3n) is 5.39. The van der Waals surface area contributed by atoms with Crippen LogP contribution in [0, 0.1) is 6.92 Å². The van der Waals surface area contributed by atoms with Gasteiger partial charge in [-0.2, -0.15) is 23.4 Å². The van der Waals surface area contributed by atoms with Crippen molar-refractivity contribution in [2.75, 3.05) is 24.7 Å². The third-order valence-corrected chi connectivity index (χ3v) is 5.39. The lowest BCUT2D eigenvalue weighted by atomic mass is 10.0. The second kappa shape index (κ2) is 6.16. The zero-order valence-corrected chi connectivity index (χ0v) is 15.1. The number of halogens is 3. The molecule has 8 nitrogen and oxygen atoms in total. The van der Waals surface area contributed by atoms with Gasteiger partial charge >= 0.3 is 6.18 Å². The number of ether oxygens (including phenoxy) is 1. The number of rotatable bonds is 2. The molecule has 148 valence electrons. The van der Waals surface area contributed by atoms with Crippen LogP contribution in [0.25, 0.3) is 5.52 Å². The van der Waals surface area contributed by atoms with Crippen molar-refractivity contribution in [3.05, 3.63) is 35.3 Å². The minimum atomic E-state index is -4.43. The van der Waals surface area contributed by atoms with Crippen molar-refractivity contribution in [1.29, 1.82) is 0 Å². The van der Waals surface area contributed by atoms with Crippen molar-refractivity contribution in [2.24, 2.45) is 0 Å². The fraction of sp³-hybridized carbons (Fsp3) is 0.529. The van der Waals surface area contributed by atoms with E-state index in [4.69, 9.17) is 4.74 Å². The largest absolute Gasteiger partial charge is 0.419 e. The minimum absolute atomic E-state index is 0.0757. The molecular weight excluding hydrogens is 375 g/mol. The summed E-state index contributed by atoms with van der Waals surface area (Å²) in [7, 11) is 0. The lowest BCUT2D eigenvalue weighted by Crippen LogP contribution is -2.36. The number of nitrogens with zero attached hydrogens (tertiary/aromatic N) is 7. The molecule has 1 atom stereocenters. The SMILES string of the molecule is Cc1nc([C@H]2CCOC2)c2c(N3CCn4ncc(C(F)(F)F)c4C3)ncnn12. The molecule has 2 aliphatic rings. The van der Waals surface area contributed by atoms with Crippen molar-refractivity contribution < 1.29 is 17.9 Å². The molecule has 3 aromatic heterocycles. The molecule has 0 aromatic carbocycles. The van der Waals surface area contributed by atoms with Gasteiger partial charge in [0.05, 0.1) is 42.8 Å². The van der Waals surface area contributed by atoms with E-state index in [0.29, 0.717) is 32.1 Å². The number of fused-ring (bicyclic) bond motifs is 2. The fourth-order valence-corrected chi connectivity index (χ4v) is 4.02. The van der Waals surface area contributed by atoms with Crippen LogP contribution in [-0.4, -0.2) is 49.1 Å². The van der Waals surface area contributed by atoms with E-state index in [0.717, 1.165) is 29.7 Å². The van der Waals surface area contributed by atoms with Gasteiger partial charge < -0.3 is 9.64 Å². The number of imidazole rings is 1. The van der Waals surface area contributed by atoms with E-state index in [2.05, 4.69) is 20.2 Å². The summed E-state index contributed by atoms with van der Waals surface area (Å²) in [6.45, 7) is 4.04. The Hall–Kier alpha value is -2.69. The Morgan fingerprint density at radius 3 is 2.82 bits per heavy atom. The van der Waals surface area contributed by atoms with Gasteiger partial charge in [-0.05, 0) is 13.3 Å². The molecule has 0 spiro atoms. The molecule has 0 N–H and O–H groups in total. The van der Waals surface area contributed by atoms with E-state index >= 15 is 0 Å². The van der Waals surface area contributed by atoms with E-state index in [1.54, 1.807) is 4.52 Å². The highest BCUT2D eigenvalue weighted by Gasteiger charge is 2.38. The topological polar surface area (TPSA) is 73.4 Å². The van der Waals surface area contributed by atoms with Crippen LogP contribution in [0.3, 0.4) is 0 Å². The van der Waals surface area contributed by atoms with Gasteiger partial charge in [-0.25, -0.2) is 14.5 Å². The second-order valence-electron chi connectivity index (χ2n) is 7.10. The Balaban J connectivity index is 1.60. The number of anilines is 1. The van der Waals surface area contributed by atoms with Crippen LogP contribution in [0.5, 0.6) is 0 Å². The maximum atomic E-state index is 13.3. The number of hydrogen-bond acceptors (Lipinski definition) is 6. The third kappa shape index (κ3) is 2.64. The van der Waals surface area contributed by atoms with Gasteiger partial charge in [-0.3, -0.25) is 4.68 Å². The minimum Gasteiger partial charge on any atom is -0.381 e. The predicted molar refractivity (Wildman–Crippen MR) is 92.0 cm³/mol. The highest BCUT2D eigenvalue weighted by atomic mass is 19.4. The summed E-state index contributed by atoms with van der Waals surface area (Å²) in [5, 5.41) is 8.20. The molecule has 1 fully saturated rings. The Kier molecular flexibility index (Phi) is 3.83. The monoisotopic (exact) mass is 393 g/mol.